The van der Waals surface area contributed by atoms with Gasteiger partial charge in [0.05, 0.1) is 0 Å². The summed E-state index contributed by atoms with van der Waals surface area (Å²) < 4.78 is 0. The van der Waals surface area contributed by atoms with E-state index < -0.39 is 11.4 Å². The molecule has 0 spiro atoms. The lowest BCUT2D eigenvalue weighted by Gasteiger charge is -2.32. The Labute approximate surface area is 148 Å². The minimum atomic E-state index is -0.632. The molecule has 2 saturated carbocycles. The highest BCUT2D eigenvalue weighted by molar-refractivity contribution is 5.78. The summed E-state index contributed by atoms with van der Waals surface area (Å²) in [5.41, 5.74) is 0.493. The molecule has 2 aliphatic heterocycles. The predicted molar refractivity (Wildman–Crippen MR) is 93.6 cm³/mol. The van der Waals surface area contributed by atoms with E-state index in [4.69, 9.17) is 0 Å². The quantitative estimate of drug-likeness (QED) is 0.882. The Kier molecular flexibility index (Phi) is 3.52. The van der Waals surface area contributed by atoms with Crippen molar-refractivity contribution in [1.29, 1.82) is 0 Å². The highest BCUT2D eigenvalue weighted by atomic mass is 16.4. The van der Waals surface area contributed by atoms with Crippen molar-refractivity contribution in [2.75, 3.05) is 37.6 Å². The van der Waals surface area contributed by atoms with Crippen LogP contribution in [0.25, 0.3) is 0 Å². The standard InChI is InChI=1S/C19H26N4O2/c24-18(25)19-10-22(7-13-2-1-3-13)8-15(19)9-23(11-19)17-6-16(14-4-5-14)20-12-21-17/h6,12-15H,1-5,7-11H2,(H,24,25)/t15-,19-/m1/s1. The van der Waals surface area contributed by atoms with Gasteiger partial charge >= 0.3 is 5.97 Å². The van der Waals surface area contributed by atoms with Crippen LogP contribution < -0.4 is 4.90 Å². The van der Waals surface area contributed by atoms with Gasteiger partial charge < -0.3 is 14.9 Å². The van der Waals surface area contributed by atoms with Crippen LogP contribution in [0.1, 0.15) is 43.7 Å². The van der Waals surface area contributed by atoms with Crippen LogP contribution in [-0.4, -0.2) is 58.7 Å². The number of likely N-dealkylation sites (tertiary alicyclic amines) is 1. The van der Waals surface area contributed by atoms with Crippen LogP contribution in [-0.2, 0) is 4.79 Å². The third-order valence-corrected chi connectivity index (χ3v) is 6.84. The molecule has 1 aromatic rings. The summed E-state index contributed by atoms with van der Waals surface area (Å²) in [6.07, 6.45) is 8.06. The zero-order valence-corrected chi connectivity index (χ0v) is 14.6. The molecule has 4 aliphatic rings. The number of fused-ring (bicyclic) bond motifs is 1. The Morgan fingerprint density at radius 3 is 2.68 bits per heavy atom. The van der Waals surface area contributed by atoms with Crippen molar-refractivity contribution in [2.45, 2.75) is 38.0 Å². The van der Waals surface area contributed by atoms with Crippen LogP contribution in [0.4, 0.5) is 5.82 Å². The number of nitrogens with zero attached hydrogens (tertiary/aromatic N) is 4. The number of aromatic nitrogens is 2. The van der Waals surface area contributed by atoms with Gasteiger partial charge in [-0.15, -0.1) is 0 Å². The Hall–Kier alpha value is -1.69. The smallest absolute Gasteiger partial charge is 0.313 e. The van der Waals surface area contributed by atoms with Crippen molar-refractivity contribution in [3.63, 3.8) is 0 Å². The molecule has 2 aliphatic carbocycles. The van der Waals surface area contributed by atoms with Gasteiger partial charge in [0.1, 0.15) is 17.6 Å². The minimum absolute atomic E-state index is 0.199. The van der Waals surface area contributed by atoms with Crippen LogP contribution in [0.2, 0.25) is 0 Å². The zero-order chi connectivity index (χ0) is 17.0. The number of hydrogen-bond acceptors (Lipinski definition) is 5. The van der Waals surface area contributed by atoms with Gasteiger partial charge in [-0.3, -0.25) is 4.79 Å². The van der Waals surface area contributed by atoms with Gasteiger partial charge in [0.2, 0.25) is 0 Å². The molecule has 2 atom stereocenters. The molecule has 3 heterocycles. The van der Waals surface area contributed by atoms with Gasteiger partial charge in [-0.05, 0) is 31.6 Å². The Bertz CT molecular complexity index is 688. The third-order valence-electron chi connectivity index (χ3n) is 6.84. The molecule has 0 bridgehead atoms. The van der Waals surface area contributed by atoms with Gasteiger partial charge in [0.15, 0.2) is 0 Å². The Balaban J connectivity index is 1.34. The lowest BCUT2D eigenvalue weighted by atomic mass is 9.81. The van der Waals surface area contributed by atoms with Crippen molar-refractivity contribution in [3.8, 4) is 0 Å². The average Bonchev–Trinajstić information content (AvgIpc) is 3.25. The van der Waals surface area contributed by atoms with Crippen molar-refractivity contribution < 1.29 is 9.90 Å². The Morgan fingerprint density at radius 1 is 1.20 bits per heavy atom. The summed E-state index contributed by atoms with van der Waals surface area (Å²) in [5, 5.41) is 10.0. The van der Waals surface area contributed by atoms with Crippen LogP contribution in [0.5, 0.6) is 0 Å². The van der Waals surface area contributed by atoms with E-state index in [1.807, 2.05) is 0 Å². The topological polar surface area (TPSA) is 69.6 Å². The van der Waals surface area contributed by atoms with E-state index in [-0.39, 0.29) is 5.92 Å². The summed E-state index contributed by atoms with van der Waals surface area (Å²) in [6.45, 7) is 4.08. The summed E-state index contributed by atoms with van der Waals surface area (Å²) >= 11 is 0. The molecule has 5 rings (SSSR count). The molecule has 6 heteroatoms. The molecular formula is C19H26N4O2. The summed E-state index contributed by atoms with van der Waals surface area (Å²) in [4.78, 5) is 25.6. The maximum absolute atomic E-state index is 12.2. The molecule has 1 N–H and O–H groups in total. The first-order valence-corrected chi connectivity index (χ1v) is 9.67. The van der Waals surface area contributed by atoms with Gasteiger partial charge in [0, 0.05) is 56.3 Å². The van der Waals surface area contributed by atoms with Crippen LogP contribution in [0.15, 0.2) is 12.4 Å². The van der Waals surface area contributed by atoms with E-state index in [9.17, 15) is 9.90 Å². The largest absolute Gasteiger partial charge is 0.481 e. The fraction of sp³-hybridized carbons (Fsp3) is 0.737. The van der Waals surface area contributed by atoms with Gasteiger partial charge in [0.25, 0.3) is 0 Å². The summed E-state index contributed by atoms with van der Waals surface area (Å²) in [5.74, 6) is 1.87. The van der Waals surface area contributed by atoms with Gasteiger partial charge in [-0.25, -0.2) is 9.97 Å². The molecule has 0 unspecified atom stereocenters. The Morgan fingerprint density at radius 2 is 2.04 bits per heavy atom. The van der Waals surface area contributed by atoms with E-state index in [1.54, 1.807) is 6.33 Å². The molecule has 134 valence electrons. The number of carboxylic acid groups (broad SMARTS) is 1. The molecule has 0 radical (unpaired) electrons. The van der Waals surface area contributed by atoms with E-state index >= 15 is 0 Å². The number of carboxylic acids is 1. The number of hydrogen-bond donors (Lipinski definition) is 1. The predicted octanol–water partition coefficient (Wildman–Crippen LogP) is 1.98. The molecule has 0 aromatic carbocycles. The first-order valence-electron chi connectivity index (χ1n) is 9.67. The summed E-state index contributed by atoms with van der Waals surface area (Å²) in [6, 6.07) is 2.08. The number of anilines is 1. The van der Waals surface area contributed by atoms with Crippen molar-refractivity contribution in [1.82, 2.24) is 14.9 Å². The second-order valence-corrected chi connectivity index (χ2v) is 8.61. The second kappa shape index (κ2) is 5.66. The maximum Gasteiger partial charge on any atom is 0.313 e. The fourth-order valence-electron chi connectivity index (χ4n) is 4.96. The fourth-order valence-corrected chi connectivity index (χ4v) is 4.96. The maximum atomic E-state index is 12.2. The molecule has 2 saturated heterocycles. The van der Waals surface area contributed by atoms with Gasteiger partial charge in [-0.2, -0.15) is 0 Å². The first kappa shape index (κ1) is 15.6. The number of rotatable bonds is 5. The van der Waals surface area contributed by atoms with Crippen LogP contribution in [0, 0.1) is 17.3 Å². The van der Waals surface area contributed by atoms with Crippen molar-refractivity contribution in [3.05, 3.63) is 18.1 Å². The number of carbonyl (C=O) groups is 1. The normalized spacial score (nSPS) is 32.6. The lowest BCUT2D eigenvalue weighted by molar-refractivity contribution is -0.148. The molecule has 6 nitrogen and oxygen atoms in total. The van der Waals surface area contributed by atoms with E-state index in [0.717, 1.165) is 37.1 Å². The highest BCUT2D eigenvalue weighted by Gasteiger charge is 2.58. The molecule has 25 heavy (non-hydrogen) atoms. The van der Waals surface area contributed by atoms with Crippen molar-refractivity contribution >= 4 is 11.8 Å². The molecular weight excluding hydrogens is 316 g/mol. The SMILES string of the molecule is O=C(O)[C@@]12CN(CC3CCC3)C[C@@H]1CN(c1cc(C3CC3)ncn1)C2. The lowest BCUT2D eigenvalue weighted by Crippen LogP contribution is -2.42. The molecule has 4 fully saturated rings. The second-order valence-electron chi connectivity index (χ2n) is 8.61. The van der Waals surface area contributed by atoms with E-state index in [2.05, 4.69) is 25.8 Å². The zero-order valence-electron chi connectivity index (χ0n) is 14.6. The van der Waals surface area contributed by atoms with Crippen LogP contribution >= 0.6 is 0 Å². The average molecular weight is 342 g/mol. The minimum Gasteiger partial charge on any atom is -0.481 e. The molecule has 1 aromatic heterocycles. The van der Waals surface area contributed by atoms with E-state index in [1.165, 1.54) is 32.1 Å². The van der Waals surface area contributed by atoms with Crippen molar-refractivity contribution in [2.24, 2.45) is 17.3 Å². The monoisotopic (exact) mass is 342 g/mol. The van der Waals surface area contributed by atoms with Gasteiger partial charge in [-0.1, -0.05) is 6.42 Å². The summed E-state index contributed by atoms with van der Waals surface area (Å²) in [7, 11) is 0. The number of aliphatic carboxylic acids is 1. The highest BCUT2D eigenvalue weighted by Crippen LogP contribution is 2.45. The van der Waals surface area contributed by atoms with Crippen LogP contribution in [0.3, 0.4) is 0 Å². The van der Waals surface area contributed by atoms with E-state index in [0.29, 0.717) is 19.0 Å². The first-order chi connectivity index (χ1) is 12.1. The third kappa shape index (κ3) is 2.62. The molecule has 0 amide bonds.